The molecule has 27 heavy (non-hydrogen) atoms. The number of halogens is 1. The molecule has 0 spiro atoms. The SMILES string of the molecule is CCOC(=O)Cc1ccc(NS(=O)(=O)c2ccc(NC(C)=O)c(Cl)c2)cc1. The highest BCUT2D eigenvalue weighted by Gasteiger charge is 2.16. The van der Waals surface area contributed by atoms with Crippen LogP contribution in [0.4, 0.5) is 11.4 Å². The van der Waals surface area contributed by atoms with E-state index in [0.29, 0.717) is 23.5 Å². The van der Waals surface area contributed by atoms with Crippen LogP contribution in [0.1, 0.15) is 19.4 Å². The molecule has 0 aliphatic heterocycles. The van der Waals surface area contributed by atoms with Gasteiger partial charge in [-0.2, -0.15) is 0 Å². The number of carbonyl (C=O) groups is 2. The fourth-order valence-corrected chi connectivity index (χ4v) is 3.61. The average molecular weight is 411 g/mol. The van der Waals surface area contributed by atoms with Gasteiger partial charge in [-0.3, -0.25) is 14.3 Å². The molecule has 0 aliphatic rings. The Kier molecular flexibility index (Phi) is 6.81. The zero-order chi connectivity index (χ0) is 20.0. The summed E-state index contributed by atoms with van der Waals surface area (Å²) in [7, 11) is -3.86. The van der Waals surface area contributed by atoms with E-state index in [0.717, 1.165) is 0 Å². The molecule has 0 saturated heterocycles. The highest BCUT2D eigenvalue weighted by molar-refractivity contribution is 7.92. The van der Waals surface area contributed by atoms with Crippen LogP contribution in [0.3, 0.4) is 0 Å². The average Bonchev–Trinajstić information content (AvgIpc) is 2.58. The van der Waals surface area contributed by atoms with E-state index >= 15 is 0 Å². The van der Waals surface area contributed by atoms with Crippen LogP contribution in [0.25, 0.3) is 0 Å². The molecule has 1 amide bonds. The summed E-state index contributed by atoms with van der Waals surface area (Å²) in [6.45, 7) is 3.36. The van der Waals surface area contributed by atoms with Gasteiger partial charge in [-0.1, -0.05) is 23.7 Å². The Balaban J connectivity index is 2.13. The minimum atomic E-state index is -3.86. The van der Waals surface area contributed by atoms with Crippen molar-refractivity contribution in [3.8, 4) is 0 Å². The first-order valence-corrected chi connectivity index (χ1v) is 9.92. The fourth-order valence-electron chi connectivity index (χ4n) is 2.24. The third-order valence-corrected chi connectivity index (χ3v) is 5.11. The van der Waals surface area contributed by atoms with Gasteiger partial charge in [0, 0.05) is 12.6 Å². The van der Waals surface area contributed by atoms with Gasteiger partial charge in [-0.25, -0.2) is 8.42 Å². The number of amides is 1. The molecule has 2 N–H and O–H groups in total. The molecule has 0 fully saturated rings. The van der Waals surface area contributed by atoms with Crippen molar-refractivity contribution in [1.82, 2.24) is 0 Å². The predicted octanol–water partition coefficient (Wildman–Crippen LogP) is 3.20. The number of sulfonamides is 1. The van der Waals surface area contributed by atoms with Crippen molar-refractivity contribution < 1.29 is 22.7 Å². The monoisotopic (exact) mass is 410 g/mol. The summed E-state index contributed by atoms with van der Waals surface area (Å²) in [5.41, 5.74) is 1.37. The normalized spacial score (nSPS) is 10.9. The number of carbonyl (C=O) groups excluding carboxylic acids is 2. The highest BCUT2D eigenvalue weighted by atomic mass is 35.5. The van der Waals surface area contributed by atoms with Gasteiger partial charge < -0.3 is 10.1 Å². The van der Waals surface area contributed by atoms with Crippen molar-refractivity contribution in [2.75, 3.05) is 16.6 Å². The number of esters is 1. The van der Waals surface area contributed by atoms with Gasteiger partial charge in [0.25, 0.3) is 10.0 Å². The van der Waals surface area contributed by atoms with Crippen LogP contribution in [0.15, 0.2) is 47.4 Å². The zero-order valence-corrected chi connectivity index (χ0v) is 16.4. The number of hydrogen-bond acceptors (Lipinski definition) is 5. The number of ether oxygens (including phenoxy) is 1. The van der Waals surface area contributed by atoms with Crippen molar-refractivity contribution in [3.05, 3.63) is 53.1 Å². The predicted molar refractivity (Wildman–Crippen MR) is 103 cm³/mol. The third kappa shape index (κ3) is 5.97. The van der Waals surface area contributed by atoms with Gasteiger partial charge >= 0.3 is 5.97 Å². The molecule has 0 radical (unpaired) electrons. The summed E-state index contributed by atoms with van der Waals surface area (Å²) >= 11 is 6.03. The van der Waals surface area contributed by atoms with Crippen LogP contribution in [0, 0.1) is 0 Å². The molecular formula is C18H19ClN2O5S. The maximum absolute atomic E-state index is 12.5. The molecule has 0 atom stereocenters. The Labute approximate surface area is 162 Å². The second kappa shape index (κ2) is 8.88. The Morgan fingerprint density at radius 1 is 1.11 bits per heavy atom. The van der Waals surface area contributed by atoms with Gasteiger partial charge in [0.2, 0.25) is 5.91 Å². The first-order valence-electron chi connectivity index (χ1n) is 8.06. The molecular weight excluding hydrogens is 392 g/mol. The van der Waals surface area contributed by atoms with Gasteiger partial charge in [-0.15, -0.1) is 0 Å². The lowest BCUT2D eigenvalue weighted by Gasteiger charge is -2.11. The smallest absolute Gasteiger partial charge is 0.310 e. The Morgan fingerprint density at radius 3 is 2.33 bits per heavy atom. The van der Waals surface area contributed by atoms with E-state index in [2.05, 4.69) is 10.0 Å². The molecule has 2 aromatic carbocycles. The number of anilines is 2. The third-order valence-electron chi connectivity index (χ3n) is 3.42. The molecule has 0 saturated carbocycles. The van der Waals surface area contributed by atoms with Crippen LogP contribution < -0.4 is 10.0 Å². The molecule has 0 unspecified atom stereocenters. The molecule has 0 bridgehead atoms. The van der Waals surface area contributed by atoms with Crippen molar-refractivity contribution in [1.29, 1.82) is 0 Å². The quantitative estimate of drug-likeness (QED) is 0.682. The second-order valence-corrected chi connectivity index (χ2v) is 7.70. The first-order chi connectivity index (χ1) is 12.7. The number of hydrogen-bond donors (Lipinski definition) is 2. The summed E-state index contributed by atoms with van der Waals surface area (Å²) < 4.78 is 32.3. The van der Waals surface area contributed by atoms with Crippen LogP contribution in [0.5, 0.6) is 0 Å². The van der Waals surface area contributed by atoms with Crippen molar-refractivity contribution in [3.63, 3.8) is 0 Å². The van der Waals surface area contributed by atoms with Gasteiger partial charge in [-0.05, 0) is 42.8 Å². The van der Waals surface area contributed by atoms with Gasteiger partial charge in [0.1, 0.15) is 0 Å². The summed E-state index contributed by atoms with van der Waals surface area (Å²) in [6.07, 6.45) is 0.112. The molecule has 9 heteroatoms. The maximum atomic E-state index is 12.5. The van der Waals surface area contributed by atoms with Crippen molar-refractivity contribution in [2.24, 2.45) is 0 Å². The first kappa shape index (κ1) is 20.7. The number of rotatable bonds is 7. The summed E-state index contributed by atoms with van der Waals surface area (Å²) in [6, 6.07) is 10.4. The van der Waals surface area contributed by atoms with Crippen LogP contribution in [0.2, 0.25) is 5.02 Å². The second-order valence-electron chi connectivity index (χ2n) is 5.61. The molecule has 0 aliphatic carbocycles. The van der Waals surface area contributed by atoms with Gasteiger partial charge in [0.05, 0.1) is 28.6 Å². The fraction of sp³-hybridized carbons (Fsp3) is 0.222. The van der Waals surface area contributed by atoms with Crippen LogP contribution in [-0.4, -0.2) is 26.9 Å². The maximum Gasteiger partial charge on any atom is 0.310 e. The van der Waals surface area contributed by atoms with E-state index in [1.807, 2.05) is 0 Å². The summed E-state index contributed by atoms with van der Waals surface area (Å²) in [5, 5.41) is 2.62. The largest absolute Gasteiger partial charge is 0.466 e. The van der Waals surface area contributed by atoms with E-state index in [1.165, 1.54) is 25.1 Å². The molecule has 2 aromatic rings. The van der Waals surface area contributed by atoms with E-state index in [1.54, 1.807) is 31.2 Å². The van der Waals surface area contributed by atoms with E-state index in [4.69, 9.17) is 16.3 Å². The lowest BCUT2D eigenvalue weighted by atomic mass is 10.1. The topological polar surface area (TPSA) is 102 Å². The minimum Gasteiger partial charge on any atom is -0.466 e. The Morgan fingerprint density at radius 2 is 1.78 bits per heavy atom. The minimum absolute atomic E-state index is 0.0443. The van der Waals surface area contributed by atoms with E-state index in [9.17, 15) is 18.0 Å². The van der Waals surface area contributed by atoms with E-state index < -0.39 is 10.0 Å². The van der Waals surface area contributed by atoms with Crippen molar-refractivity contribution in [2.45, 2.75) is 25.2 Å². The van der Waals surface area contributed by atoms with Crippen LogP contribution >= 0.6 is 11.6 Å². The lowest BCUT2D eigenvalue weighted by Crippen LogP contribution is -2.14. The molecule has 2 rings (SSSR count). The van der Waals surface area contributed by atoms with Crippen LogP contribution in [-0.2, 0) is 30.8 Å². The number of nitrogens with one attached hydrogen (secondary N) is 2. The highest BCUT2D eigenvalue weighted by Crippen LogP contribution is 2.26. The molecule has 7 nitrogen and oxygen atoms in total. The van der Waals surface area contributed by atoms with Crippen molar-refractivity contribution >= 4 is 44.9 Å². The molecule has 144 valence electrons. The molecule has 0 aromatic heterocycles. The standard InChI is InChI=1S/C18H19ClN2O5S/c1-3-26-18(23)10-13-4-6-14(7-5-13)21-27(24,25)15-8-9-17(16(19)11-15)20-12(2)22/h4-9,11,21H,3,10H2,1-2H3,(H,20,22). The number of benzene rings is 2. The van der Waals surface area contributed by atoms with E-state index in [-0.39, 0.29) is 28.2 Å². The summed E-state index contributed by atoms with van der Waals surface area (Å²) in [4.78, 5) is 22.5. The lowest BCUT2D eigenvalue weighted by molar-refractivity contribution is -0.142. The molecule has 0 heterocycles. The Bertz CT molecular complexity index is 943. The Hall–Kier alpha value is -2.58. The zero-order valence-electron chi connectivity index (χ0n) is 14.8. The van der Waals surface area contributed by atoms with Gasteiger partial charge in [0.15, 0.2) is 0 Å². The summed E-state index contributed by atoms with van der Waals surface area (Å²) in [5.74, 6) is -0.659.